The van der Waals surface area contributed by atoms with Crippen LogP contribution in [0.15, 0.2) is 30.3 Å². The minimum Gasteiger partial charge on any atom is -0.481 e. The molecular weight excluding hydrogens is 530 g/mol. The van der Waals surface area contributed by atoms with Crippen LogP contribution in [0.2, 0.25) is 0 Å². The number of nitrogens with two attached hydrogens (primary N) is 1. The van der Waals surface area contributed by atoms with E-state index in [2.05, 4.69) is 31.4 Å². The van der Waals surface area contributed by atoms with Crippen LogP contribution in [0.25, 0.3) is 6.08 Å². The Morgan fingerprint density at radius 1 is 1.10 bits per heavy atom. The summed E-state index contributed by atoms with van der Waals surface area (Å²) in [5.74, 6) is -1.23. The molecule has 6 atom stereocenters. The van der Waals surface area contributed by atoms with Crippen molar-refractivity contribution >= 4 is 18.0 Å². The lowest BCUT2D eigenvalue weighted by molar-refractivity contribution is -0.184. The van der Waals surface area contributed by atoms with Gasteiger partial charge in [0.05, 0.1) is 17.6 Å². The van der Waals surface area contributed by atoms with Crippen molar-refractivity contribution in [2.75, 3.05) is 6.54 Å². The van der Waals surface area contributed by atoms with E-state index < -0.39 is 17.2 Å². The highest BCUT2D eigenvalue weighted by Crippen LogP contribution is 2.64. The van der Waals surface area contributed by atoms with E-state index in [1.807, 2.05) is 57.2 Å². The highest BCUT2D eigenvalue weighted by molar-refractivity contribution is 5.80. The molecule has 0 spiro atoms. The van der Waals surface area contributed by atoms with Gasteiger partial charge < -0.3 is 31.7 Å². The van der Waals surface area contributed by atoms with E-state index in [1.54, 1.807) is 0 Å². The second-order valence-corrected chi connectivity index (χ2v) is 14.5. The summed E-state index contributed by atoms with van der Waals surface area (Å²) in [5.41, 5.74) is 6.98. The molecule has 2 unspecified atom stereocenters. The third kappa shape index (κ3) is 8.01. The molecule has 0 radical (unpaired) electrons. The van der Waals surface area contributed by atoms with Crippen molar-refractivity contribution < 1.29 is 24.9 Å². The van der Waals surface area contributed by atoms with Gasteiger partial charge in [-0.2, -0.15) is 0 Å². The van der Waals surface area contributed by atoms with E-state index in [0.717, 1.165) is 36.8 Å². The molecule has 2 aliphatic rings. The van der Waals surface area contributed by atoms with Gasteiger partial charge in [-0.15, -0.1) is 0 Å². The first-order valence-corrected chi connectivity index (χ1v) is 15.6. The monoisotopic (exact) mass is 585 g/mol. The number of carbonyl (C=O) groups excluding carboxylic acids is 1. The molecule has 0 bridgehead atoms. The molecule has 2 fully saturated rings. The third-order valence-corrected chi connectivity index (χ3v) is 10.6. The van der Waals surface area contributed by atoms with Crippen molar-refractivity contribution in [3.05, 3.63) is 41.5 Å². The maximum Gasteiger partial charge on any atom is 0.303 e. The van der Waals surface area contributed by atoms with Crippen LogP contribution < -0.4 is 16.4 Å². The Labute approximate surface area is 252 Å². The van der Waals surface area contributed by atoms with E-state index in [4.69, 9.17) is 10.8 Å². The molecule has 236 valence electrons. The molecule has 8 nitrogen and oxygen atoms in total. The zero-order chi connectivity index (χ0) is 31.4. The molecule has 0 aliphatic heterocycles. The van der Waals surface area contributed by atoms with Gasteiger partial charge in [0.2, 0.25) is 5.91 Å². The van der Waals surface area contributed by atoms with Crippen molar-refractivity contribution in [1.82, 2.24) is 10.6 Å². The molecule has 7 N–H and O–H groups in total. The molecule has 8 heteroatoms. The summed E-state index contributed by atoms with van der Waals surface area (Å²) in [4.78, 5) is 22.4. The molecule has 1 amide bonds. The van der Waals surface area contributed by atoms with E-state index >= 15 is 0 Å². The Hall–Kier alpha value is -2.26. The van der Waals surface area contributed by atoms with Crippen molar-refractivity contribution in [2.45, 2.75) is 129 Å². The second-order valence-electron chi connectivity index (χ2n) is 14.5. The third-order valence-electron chi connectivity index (χ3n) is 10.6. The molecule has 0 aromatic heterocycles. The van der Waals surface area contributed by atoms with Crippen LogP contribution in [0.3, 0.4) is 0 Å². The molecule has 42 heavy (non-hydrogen) atoms. The van der Waals surface area contributed by atoms with Gasteiger partial charge in [-0.3, -0.25) is 9.59 Å². The first-order chi connectivity index (χ1) is 19.4. The summed E-state index contributed by atoms with van der Waals surface area (Å²) in [6.07, 6.45) is 9.61. The van der Waals surface area contributed by atoms with Gasteiger partial charge in [0.15, 0.2) is 0 Å². The molecule has 1 aromatic carbocycles. The summed E-state index contributed by atoms with van der Waals surface area (Å²) in [6.45, 7) is 13.7. The second kappa shape index (κ2) is 13.2. The fourth-order valence-corrected chi connectivity index (χ4v) is 7.76. The van der Waals surface area contributed by atoms with Crippen LogP contribution in [0.1, 0.15) is 110 Å². The number of carboxylic acids is 1. The normalized spacial score (nSPS) is 31.2. The maximum absolute atomic E-state index is 11.8. The first-order valence-electron chi connectivity index (χ1n) is 15.6. The Balaban J connectivity index is 1.53. The van der Waals surface area contributed by atoms with Crippen LogP contribution in [-0.4, -0.2) is 56.5 Å². The standard InChI is InChI=1S/C34H55N3O5/c1-24(37-28(38)12-13-29(39)40)22-36-23-26-10-8-25(9-11-26)14-18-31(4,41)19-15-27-32(5)17-7-16-30(2,3)34(32,35)21-20-33(27,6)42/h8-11,14,18,24,27,36,41-42H,7,12-13,15-17,19-23,35H2,1-6H3,(H,37,38)(H,39,40)/b18-14+/t24?,27?,31-,32+,33+,34+/m0/s1. The Kier molecular flexibility index (Phi) is 10.7. The average molecular weight is 586 g/mol. The summed E-state index contributed by atoms with van der Waals surface area (Å²) in [7, 11) is 0. The number of benzene rings is 1. The molecule has 2 saturated carbocycles. The molecule has 0 heterocycles. The van der Waals surface area contributed by atoms with Crippen LogP contribution >= 0.6 is 0 Å². The number of amides is 1. The van der Waals surface area contributed by atoms with Crippen molar-refractivity contribution in [2.24, 2.45) is 22.5 Å². The number of carbonyl (C=O) groups is 2. The fourth-order valence-electron chi connectivity index (χ4n) is 7.76. The minimum absolute atomic E-state index is 0.00997. The molecule has 1 aromatic rings. The summed E-state index contributed by atoms with van der Waals surface area (Å²) < 4.78 is 0. The van der Waals surface area contributed by atoms with Gasteiger partial charge in [0.1, 0.15) is 0 Å². The highest BCUT2D eigenvalue weighted by atomic mass is 16.4. The van der Waals surface area contributed by atoms with Crippen LogP contribution in [0, 0.1) is 16.7 Å². The number of nitrogens with one attached hydrogen (secondary N) is 2. The van der Waals surface area contributed by atoms with Crippen molar-refractivity contribution in [3.63, 3.8) is 0 Å². The topological polar surface area (TPSA) is 145 Å². The maximum atomic E-state index is 11.8. The lowest BCUT2D eigenvalue weighted by atomic mass is 9.41. The molecule has 2 aliphatic carbocycles. The number of hydrogen-bond acceptors (Lipinski definition) is 6. The zero-order valence-corrected chi connectivity index (χ0v) is 26.6. The SMILES string of the molecule is CC(CNCc1ccc(/C=C/[C@](C)(O)CCC2[C@](C)(O)CC[C@@]3(N)C(C)(C)CCC[C@]23C)cc1)NC(=O)CCC(=O)O. The fraction of sp³-hybridized carbons (Fsp3) is 0.706. The number of aliphatic hydroxyl groups is 2. The van der Waals surface area contributed by atoms with Crippen LogP contribution in [0.4, 0.5) is 0 Å². The minimum atomic E-state index is -1.02. The number of aliphatic carboxylic acids is 1. The number of rotatable bonds is 13. The lowest BCUT2D eigenvalue weighted by Gasteiger charge is -2.67. The zero-order valence-electron chi connectivity index (χ0n) is 26.6. The van der Waals surface area contributed by atoms with Crippen molar-refractivity contribution in [1.29, 1.82) is 0 Å². The summed E-state index contributed by atoms with van der Waals surface area (Å²) in [6, 6.07) is 7.98. The number of carboxylic acid groups (broad SMARTS) is 1. The lowest BCUT2D eigenvalue weighted by Crippen LogP contribution is -2.72. The van der Waals surface area contributed by atoms with Crippen LogP contribution in [0.5, 0.6) is 0 Å². The van der Waals surface area contributed by atoms with Gasteiger partial charge in [-0.25, -0.2) is 0 Å². The highest BCUT2D eigenvalue weighted by Gasteiger charge is 2.64. The van der Waals surface area contributed by atoms with Gasteiger partial charge in [0.25, 0.3) is 0 Å². The average Bonchev–Trinajstić information content (AvgIpc) is 2.88. The molecular formula is C34H55N3O5. The quantitative estimate of drug-likeness (QED) is 0.196. The van der Waals surface area contributed by atoms with Gasteiger partial charge in [0, 0.05) is 31.1 Å². The Morgan fingerprint density at radius 3 is 2.40 bits per heavy atom. The first kappa shape index (κ1) is 34.2. The predicted molar refractivity (Wildman–Crippen MR) is 168 cm³/mol. The smallest absolute Gasteiger partial charge is 0.303 e. The van der Waals surface area contributed by atoms with Crippen molar-refractivity contribution in [3.8, 4) is 0 Å². The predicted octanol–water partition coefficient (Wildman–Crippen LogP) is 4.77. The summed E-state index contributed by atoms with van der Waals surface area (Å²) in [5, 5.41) is 37.6. The van der Waals surface area contributed by atoms with E-state index in [1.165, 1.54) is 0 Å². The van der Waals surface area contributed by atoms with Crippen LogP contribution in [-0.2, 0) is 16.1 Å². The summed E-state index contributed by atoms with van der Waals surface area (Å²) >= 11 is 0. The Morgan fingerprint density at radius 2 is 1.76 bits per heavy atom. The Bertz CT molecular complexity index is 1110. The van der Waals surface area contributed by atoms with E-state index in [-0.39, 0.29) is 47.1 Å². The van der Waals surface area contributed by atoms with Gasteiger partial charge >= 0.3 is 5.97 Å². The largest absolute Gasteiger partial charge is 0.481 e. The van der Waals surface area contributed by atoms with E-state index in [9.17, 15) is 19.8 Å². The van der Waals surface area contributed by atoms with Gasteiger partial charge in [-0.05, 0) is 87.2 Å². The van der Waals surface area contributed by atoms with Gasteiger partial charge in [-0.1, -0.05) is 63.6 Å². The molecule has 0 saturated heterocycles. The number of hydrogen-bond donors (Lipinski definition) is 6. The molecule has 3 rings (SSSR count). The van der Waals surface area contributed by atoms with E-state index in [0.29, 0.717) is 32.4 Å². The number of fused-ring (bicyclic) bond motifs is 1.